The normalized spacial score (nSPS) is 11.3. The second-order valence-corrected chi connectivity index (χ2v) is 9.63. The highest BCUT2D eigenvalue weighted by molar-refractivity contribution is 7.22. The molecule has 0 fully saturated rings. The third kappa shape index (κ3) is 4.34. The van der Waals surface area contributed by atoms with Crippen LogP contribution in [-0.4, -0.2) is 24.2 Å². The van der Waals surface area contributed by atoms with Crippen molar-refractivity contribution in [3.8, 4) is 5.75 Å². The van der Waals surface area contributed by atoms with Crippen LogP contribution in [0.1, 0.15) is 21.5 Å². The van der Waals surface area contributed by atoms with Crippen molar-refractivity contribution in [3.05, 3.63) is 73.9 Å². The van der Waals surface area contributed by atoms with E-state index in [1.54, 1.807) is 19.4 Å². The lowest BCUT2D eigenvalue weighted by molar-refractivity contribution is 0.0988. The Morgan fingerprint density at radius 1 is 1.13 bits per heavy atom. The summed E-state index contributed by atoms with van der Waals surface area (Å²) < 4.78 is 6.89. The van der Waals surface area contributed by atoms with Crippen molar-refractivity contribution in [3.63, 3.8) is 0 Å². The summed E-state index contributed by atoms with van der Waals surface area (Å²) in [7, 11) is 1.61. The molecule has 0 atom stereocenters. The van der Waals surface area contributed by atoms with E-state index in [9.17, 15) is 4.79 Å². The second-order valence-electron chi connectivity index (χ2n) is 6.34. The fourth-order valence-corrected chi connectivity index (χ4v) is 5.18. The standard InChI is InChI=1S/C21H15Cl2N3O2S2/c1-12-3-8-16-17(9-12)29-21(25-16)26(20(27)15-10-18(22)30-19(15)23)24-11-13-4-6-14(28-2)7-5-13/h3-11H,1-2H3/b24-11+. The number of hydrogen-bond donors (Lipinski definition) is 0. The van der Waals surface area contributed by atoms with Gasteiger partial charge in [0.25, 0.3) is 5.91 Å². The first kappa shape index (κ1) is 20.8. The van der Waals surface area contributed by atoms with Crippen LogP contribution in [0, 0.1) is 6.92 Å². The number of halogens is 2. The lowest BCUT2D eigenvalue weighted by atomic mass is 10.2. The Hall–Kier alpha value is -2.45. The topological polar surface area (TPSA) is 54.8 Å². The number of hydrazone groups is 1. The average Bonchev–Trinajstić information content (AvgIpc) is 3.30. The Labute approximate surface area is 191 Å². The molecule has 2 aromatic heterocycles. The van der Waals surface area contributed by atoms with E-state index in [1.165, 1.54) is 16.3 Å². The van der Waals surface area contributed by atoms with Crippen LogP contribution in [-0.2, 0) is 0 Å². The number of carbonyl (C=O) groups excluding carboxylic acids is 1. The van der Waals surface area contributed by atoms with Crippen molar-refractivity contribution in [2.75, 3.05) is 12.1 Å². The number of rotatable bonds is 5. The average molecular weight is 476 g/mol. The molecular formula is C21H15Cl2N3O2S2. The molecule has 4 rings (SSSR count). The number of carbonyl (C=O) groups is 1. The van der Waals surface area contributed by atoms with Gasteiger partial charge in [0, 0.05) is 0 Å². The van der Waals surface area contributed by atoms with Gasteiger partial charge in [0.2, 0.25) is 5.13 Å². The molecule has 0 N–H and O–H groups in total. The molecule has 2 aromatic carbocycles. The summed E-state index contributed by atoms with van der Waals surface area (Å²) in [5.74, 6) is 0.338. The van der Waals surface area contributed by atoms with Crippen molar-refractivity contribution in [1.82, 2.24) is 4.98 Å². The number of amides is 1. The van der Waals surface area contributed by atoms with E-state index in [4.69, 9.17) is 27.9 Å². The number of fused-ring (bicyclic) bond motifs is 1. The zero-order valence-corrected chi connectivity index (χ0v) is 19.1. The lowest BCUT2D eigenvalue weighted by Crippen LogP contribution is -2.25. The van der Waals surface area contributed by atoms with Crippen molar-refractivity contribution in [2.24, 2.45) is 5.10 Å². The number of ether oxygens (including phenoxy) is 1. The molecule has 0 saturated carbocycles. The molecule has 0 unspecified atom stereocenters. The summed E-state index contributed by atoms with van der Waals surface area (Å²) in [4.78, 5) is 17.9. The van der Waals surface area contributed by atoms with Gasteiger partial charge < -0.3 is 4.74 Å². The lowest BCUT2D eigenvalue weighted by Gasteiger charge is -2.13. The predicted molar refractivity (Wildman–Crippen MR) is 126 cm³/mol. The maximum absolute atomic E-state index is 13.3. The number of aryl methyl sites for hydroxylation is 1. The molecule has 0 saturated heterocycles. The van der Waals surface area contributed by atoms with Crippen molar-refractivity contribution < 1.29 is 9.53 Å². The molecule has 0 aliphatic carbocycles. The first-order chi connectivity index (χ1) is 14.4. The van der Waals surface area contributed by atoms with E-state index in [2.05, 4.69) is 10.1 Å². The zero-order chi connectivity index (χ0) is 21.3. The van der Waals surface area contributed by atoms with Gasteiger partial charge in [0.05, 0.1) is 33.4 Å². The molecule has 0 bridgehead atoms. The number of thiazole rings is 1. The number of benzene rings is 2. The Balaban J connectivity index is 1.75. The van der Waals surface area contributed by atoms with E-state index in [0.29, 0.717) is 13.8 Å². The first-order valence-corrected chi connectivity index (χ1v) is 11.2. The molecule has 30 heavy (non-hydrogen) atoms. The van der Waals surface area contributed by atoms with Gasteiger partial charge in [0.15, 0.2) is 0 Å². The molecule has 4 aromatic rings. The van der Waals surface area contributed by atoms with Gasteiger partial charge in [-0.3, -0.25) is 4.79 Å². The molecule has 0 spiro atoms. The molecule has 152 valence electrons. The highest BCUT2D eigenvalue weighted by atomic mass is 35.5. The summed E-state index contributed by atoms with van der Waals surface area (Å²) in [5, 5.41) is 6.14. The summed E-state index contributed by atoms with van der Waals surface area (Å²) in [6.07, 6.45) is 1.59. The summed E-state index contributed by atoms with van der Waals surface area (Å²) in [6, 6.07) is 14.8. The first-order valence-electron chi connectivity index (χ1n) is 8.79. The highest BCUT2D eigenvalue weighted by Crippen LogP contribution is 2.35. The molecule has 9 heteroatoms. The van der Waals surface area contributed by atoms with Gasteiger partial charge in [0.1, 0.15) is 10.1 Å². The van der Waals surface area contributed by atoms with Gasteiger partial charge >= 0.3 is 0 Å². The van der Waals surface area contributed by atoms with E-state index < -0.39 is 5.91 Å². The van der Waals surface area contributed by atoms with Gasteiger partial charge in [-0.05, 0) is 60.5 Å². The van der Waals surface area contributed by atoms with Gasteiger partial charge in [-0.2, -0.15) is 10.1 Å². The largest absolute Gasteiger partial charge is 0.497 e. The molecule has 5 nitrogen and oxygen atoms in total. The fraction of sp³-hybridized carbons (Fsp3) is 0.0952. The maximum Gasteiger partial charge on any atom is 0.283 e. The number of nitrogens with zero attached hydrogens (tertiary/aromatic N) is 3. The smallest absolute Gasteiger partial charge is 0.283 e. The summed E-state index contributed by atoms with van der Waals surface area (Å²) >= 11 is 14.8. The number of hydrogen-bond acceptors (Lipinski definition) is 6. The fourth-order valence-electron chi connectivity index (χ4n) is 2.71. The molecule has 1 amide bonds. The van der Waals surface area contributed by atoms with Crippen LogP contribution < -0.4 is 9.75 Å². The minimum atomic E-state index is -0.399. The van der Waals surface area contributed by atoms with Crippen molar-refractivity contribution in [1.29, 1.82) is 0 Å². The van der Waals surface area contributed by atoms with Gasteiger partial charge in [-0.15, -0.1) is 11.3 Å². The quantitative estimate of drug-likeness (QED) is 0.239. The van der Waals surface area contributed by atoms with Crippen LogP contribution in [0.2, 0.25) is 8.67 Å². The van der Waals surface area contributed by atoms with Gasteiger partial charge in [-0.25, -0.2) is 4.98 Å². The number of methoxy groups -OCH3 is 1. The molecule has 2 heterocycles. The number of aromatic nitrogens is 1. The number of thiophene rings is 1. The Morgan fingerprint density at radius 3 is 2.57 bits per heavy atom. The monoisotopic (exact) mass is 475 g/mol. The van der Waals surface area contributed by atoms with Crippen LogP contribution in [0.15, 0.2) is 53.6 Å². The van der Waals surface area contributed by atoms with E-state index in [-0.39, 0.29) is 5.56 Å². The van der Waals surface area contributed by atoms with Crippen molar-refractivity contribution >= 4 is 73.3 Å². The molecule has 0 radical (unpaired) electrons. The maximum atomic E-state index is 13.3. The number of anilines is 1. The molecule has 0 aliphatic rings. The predicted octanol–water partition coefficient (Wildman–Crippen LogP) is 6.66. The van der Waals surface area contributed by atoms with Crippen LogP contribution in [0.3, 0.4) is 0 Å². The van der Waals surface area contributed by atoms with E-state index in [1.807, 2.05) is 49.4 Å². The third-order valence-electron chi connectivity index (χ3n) is 4.23. The van der Waals surface area contributed by atoms with E-state index >= 15 is 0 Å². The SMILES string of the molecule is COc1ccc(/C=N/N(C(=O)c2cc(Cl)sc2Cl)c2nc3ccc(C)cc3s2)cc1. The van der Waals surface area contributed by atoms with E-state index in [0.717, 1.165) is 38.4 Å². The minimum absolute atomic E-state index is 0.286. The Bertz CT molecular complexity index is 1250. The highest BCUT2D eigenvalue weighted by Gasteiger charge is 2.24. The second kappa shape index (κ2) is 8.73. The zero-order valence-electron chi connectivity index (χ0n) is 15.9. The third-order valence-corrected chi connectivity index (χ3v) is 6.71. The van der Waals surface area contributed by atoms with Crippen LogP contribution in [0.25, 0.3) is 10.2 Å². The minimum Gasteiger partial charge on any atom is -0.497 e. The summed E-state index contributed by atoms with van der Waals surface area (Å²) in [5.41, 5.74) is 3.01. The van der Waals surface area contributed by atoms with Gasteiger partial charge in [-0.1, -0.05) is 40.6 Å². The van der Waals surface area contributed by atoms with Crippen LogP contribution in [0.4, 0.5) is 5.13 Å². The molecule has 0 aliphatic heterocycles. The Kier molecular flexibility index (Phi) is 6.06. The van der Waals surface area contributed by atoms with Crippen LogP contribution in [0.5, 0.6) is 5.75 Å². The molecular weight excluding hydrogens is 461 g/mol. The van der Waals surface area contributed by atoms with Crippen molar-refractivity contribution in [2.45, 2.75) is 6.92 Å². The summed E-state index contributed by atoms with van der Waals surface area (Å²) in [6.45, 7) is 2.01. The van der Waals surface area contributed by atoms with Crippen LogP contribution >= 0.6 is 45.9 Å². The Morgan fingerprint density at radius 2 is 1.90 bits per heavy atom.